The lowest BCUT2D eigenvalue weighted by Crippen LogP contribution is -2.14. The van der Waals surface area contributed by atoms with E-state index in [9.17, 15) is 0 Å². The number of rotatable bonds is 7. The fraction of sp³-hybridized carbons (Fsp3) is 0.188. The van der Waals surface area contributed by atoms with Crippen LogP contribution < -0.4 is 10.2 Å². The second kappa shape index (κ2) is 7.95. The summed E-state index contributed by atoms with van der Waals surface area (Å²) in [4.78, 5) is 5.41. The molecule has 0 heterocycles. The maximum absolute atomic E-state index is 8.54. The number of nitrogens with one attached hydrogen (secondary N) is 1. The molecular formula is C16H16N2O2. The first-order valence-electron chi connectivity index (χ1n) is 6.36. The third-order valence-corrected chi connectivity index (χ3v) is 2.71. The zero-order valence-corrected chi connectivity index (χ0v) is 11.1. The van der Waals surface area contributed by atoms with Crippen molar-refractivity contribution < 1.29 is 9.57 Å². The van der Waals surface area contributed by atoms with Crippen molar-refractivity contribution in [1.82, 2.24) is 5.48 Å². The number of hydroxylamine groups is 1. The van der Waals surface area contributed by atoms with Crippen molar-refractivity contribution in [2.75, 3.05) is 6.61 Å². The summed E-state index contributed by atoms with van der Waals surface area (Å²) in [5.74, 6) is 0.699. The first-order valence-corrected chi connectivity index (χ1v) is 6.36. The fourth-order valence-electron chi connectivity index (χ4n) is 1.74. The van der Waals surface area contributed by atoms with Crippen molar-refractivity contribution in [1.29, 1.82) is 5.26 Å². The Hall–Kier alpha value is -2.35. The molecule has 4 heteroatoms. The fourth-order valence-corrected chi connectivity index (χ4v) is 1.74. The molecule has 1 N–H and O–H groups in total. The monoisotopic (exact) mass is 268 g/mol. The van der Waals surface area contributed by atoms with Gasteiger partial charge in [0.1, 0.15) is 11.8 Å². The first-order chi connectivity index (χ1) is 9.90. The summed E-state index contributed by atoms with van der Waals surface area (Å²) in [5.41, 5.74) is 4.96. The summed E-state index contributed by atoms with van der Waals surface area (Å²) < 4.78 is 5.34. The Bertz CT molecular complexity index is 564. The zero-order valence-electron chi connectivity index (χ0n) is 11.1. The molecule has 2 aromatic carbocycles. The van der Waals surface area contributed by atoms with Crippen LogP contribution in [0.3, 0.4) is 0 Å². The van der Waals surface area contributed by atoms with Crippen molar-refractivity contribution in [3.8, 4) is 11.8 Å². The van der Waals surface area contributed by atoms with Crippen LogP contribution in [0.25, 0.3) is 0 Å². The number of hydrogen-bond acceptors (Lipinski definition) is 4. The third-order valence-electron chi connectivity index (χ3n) is 2.71. The Kier molecular flexibility index (Phi) is 5.59. The predicted octanol–water partition coefficient (Wildman–Crippen LogP) is 2.81. The van der Waals surface area contributed by atoms with Gasteiger partial charge in [-0.1, -0.05) is 48.5 Å². The molecule has 0 bridgehead atoms. The van der Waals surface area contributed by atoms with Crippen LogP contribution in [0.1, 0.15) is 11.1 Å². The van der Waals surface area contributed by atoms with Crippen molar-refractivity contribution in [2.24, 2.45) is 0 Å². The molecule has 0 spiro atoms. The standard InChI is InChI=1S/C16H16N2O2/c17-10-11-19-16-9-5-4-8-15(16)12-18-20-13-14-6-2-1-3-7-14/h1-9,18H,11-13H2. The molecule has 4 nitrogen and oxygen atoms in total. The molecule has 0 saturated carbocycles. The quantitative estimate of drug-likeness (QED) is 0.619. The van der Waals surface area contributed by atoms with E-state index in [0.717, 1.165) is 11.1 Å². The highest BCUT2D eigenvalue weighted by atomic mass is 16.6. The lowest BCUT2D eigenvalue weighted by atomic mass is 10.2. The highest BCUT2D eigenvalue weighted by Gasteiger charge is 2.02. The summed E-state index contributed by atoms with van der Waals surface area (Å²) in [6.45, 7) is 1.07. The molecule has 20 heavy (non-hydrogen) atoms. The van der Waals surface area contributed by atoms with Crippen molar-refractivity contribution >= 4 is 0 Å². The van der Waals surface area contributed by atoms with Crippen LogP contribution in [0, 0.1) is 11.3 Å². The van der Waals surface area contributed by atoms with E-state index in [4.69, 9.17) is 14.8 Å². The van der Waals surface area contributed by atoms with Gasteiger partial charge in [0.25, 0.3) is 0 Å². The molecule has 0 amide bonds. The van der Waals surface area contributed by atoms with Crippen molar-refractivity contribution in [2.45, 2.75) is 13.2 Å². The van der Waals surface area contributed by atoms with Gasteiger partial charge >= 0.3 is 0 Å². The van der Waals surface area contributed by atoms with Crippen LogP contribution in [0.2, 0.25) is 0 Å². The molecule has 0 aromatic heterocycles. The van der Waals surface area contributed by atoms with Crippen molar-refractivity contribution in [3.63, 3.8) is 0 Å². The van der Waals surface area contributed by atoms with E-state index in [-0.39, 0.29) is 6.61 Å². The minimum Gasteiger partial charge on any atom is -0.478 e. The molecule has 102 valence electrons. The maximum Gasteiger partial charge on any atom is 0.174 e. The molecule has 0 aliphatic heterocycles. The molecule has 0 aliphatic rings. The van der Waals surface area contributed by atoms with Gasteiger partial charge in [-0.2, -0.15) is 10.7 Å². The molecule has 0 unspecified atom stereocenters. The van der Waals surface area contributed by atoms with E-state index in [0.29, 0.717) is 18.9 Å². The van der Waals surface area contributed by atoms with Gasteiger partial charge in [0.15, 0.2) is 6.61 Å². The van der Waals surface area contributed by atoms with Gasteiger partial charge in [0.2, 0.25) is 0 Å². The Morgan fingerprint density at radius 1 is 1.00 bits per heavy atom. The third kappa shape index (κ3) is 4.39. The highest BCUT2D eigenvalue weighted by molar-refractivity contribution is 5.33. The average molecular weight is 268 g/mol. The maximum atomic E-state index is 8.54. The van der Waals surface area contributed by atoms with Crippen LogP contribution >= 0.6 is 0 Å². The van der Waals surface area contributed by atoms with E-state index >= 15 is 0 Å². The second-order valence-electron chi connectivity index (χ2n) is 4.15. The van der Waals surface area contributed by atoms with E-state index in [2.05, 4.69) is 5.48 Å². The van der Waals surface area contributed by atoms with Gasteiger partial charge in [-0.25, -0.2) is 0 Å². The molecule has 0 aliphatic carbocycles. The smallest absolute Gasteiger partial charge is 0.174 e. The van der Waals surface area contributed by atoms with Gasteiger partial charge in [-0.3, -0.25) is 4.84 Å². The van der Waals surface area contributed by atoms with Gasteiger partial charge in [0.05, 0.1) is 6.61 Å². The highest BCUT2D eigenvalue weighted by Crippen LogP contribution is 2.17. The predicted molar refractivity (Wildman–Crippen MR) is 75.6 cm³/mol. The summed E-state index contributed by atoms with van der Waals surface area (Å²) in [6.07, 6.45) is 0. The number of benzene rings is 2. The molecule has 0 fully saturated rings. The van der Waals surface area contributed by atoms with Crippen LogP contribution in [-0.4, -0.2) is 6.61 Å². The molecule has 0 atom stereocenters. The topological polar surface area (TPSA) is 54.3 Å². The van der Waals surface area contributed by atoms with Crippen LogP contribution in [0.15, 0.2) is 54.6 Å². The van der Waals surface area contributed by atoms with Gasteiger partial charge in [-0.15, -0.1) is 0 Å². The molecule has 2 aromatic rings. The SMILES string of the molecule is N#CCOc1ccccc1CNOCc1ccccc1. The lowest BCUT2D eigenvalue weighted by Gasteiger charge is -2.10. The molecule has 2 rings (SSSR count). The van der Waals surface area contributed by atoms with E-state index in [1.807, 2.05) is 60.7 Å². The van der Waals surface area contributed by atoms with Crippen LogP contribution in [0.5, 0.6) is 5.75 Å². The summed E-state index contributed by atoms with van der Waals surface area (Å²) in [6, 6.07) is 19.5. The number of hydrogen-bond donors (Lipinski definition) is 1. The van der Waals surface area contributed by atoms with E-state index in [1.165, 1.54) is 0 Å². The molecular weight excluding hydrogens is 252 g/mol. The molecule has 0 saturated heterocycles. The van der Waals surface area contributed by atoms with Crippen LogP contribution in [0.4, 0.5) is 0 Å². The largest absolute Gasteiger partial charge is 0.478 e. The van der Waals surface area contributed by atoms with Gasteiger partial charge in [-0.05, 0) is 11.6 Å². The summed E-state index contributed by atoms with van der Waals surface area (Å²) in [7, 11) is 0. The first kappa shape index (κ1) is 14.1. The Morgan fingerprint density at radius 2 is 1.75 bits per heavy atom. The summed E-state index contributed by atoms with van der Waals surface area (Å²) >= 11 is 0. The number of nitrogens with zero attached hydrogens (tertiary/aromatic N) is 1. The normalized spacial score (nSPS) is 9.95. The van der Waals surface area contributed by atoms with E-state index in [1.54, 1.807) is 0 Å². The van der Waals surface area contributed by atoms with Crippen LogP contribution in [-0.2, 0) is 18.0 Å². The minimum absolute atomic E-state index is 0.0435. The second-order valence-corrected chi connectivity index (χ2v) is 4.15. The Labute approximate surface area is 118 Å². The number of para-hydroxylation sites is 1. The van der Waals surface area contributed by atoms with Crippen molar-refractivity contribution in [3.05, 3.63) is 65.7 Å². The van der Waals surface area contributed by atoms with E-state index < -0.39 is 0 Å². The number of nitriles is 1. The molecule has 0 radical (unpaired) electrons. The Balaban J connectivity index is 1.80. The zero-order chi connectivity index (χ0) is 14.0. The lowest BCUT2D eigenvalue weighted by molar-refractivity contribution is 0.0231. The average Bonchev–Trinajstić information content (AvgIpc) is 2.51. The number of ether oxygens (including phenoxy) is 1. The minimum atomic E-state index is 0.0435. The summed E-state index contributed by atoms with van der Waals surface area (Å²) in [5, 5.41) is 8.54. The Morgan fingerprint density at radius 3 is 2.55 bits per heavy atom. The van der Waals surface area contributed by atoms with Gasteiger partial charge < -0.3 is 4.74 Å². The van der Waals surface area contributed by atoms with Gasteiger partial charge in [0, 0.05) is 12.1 Å².